The molecule has 1 aromatic rings. The number of aromatic nitrogens is 2. The highest BCUT2D eigenvalue weighted by Gasteiger charge is 2.20. The maximum Gasteiger partial charge on any atom is 0.222 e. The molecule has 1 unspecified atom stereocenters. The summed E-state index contributed by atoms with van der Waals surface area (Å²) in [7, 11) is 0. The first-order valence-electron chi connectivity index (χ1n) is 5.96. The molecular weight excluding hydrogens is 218 g/mol. The Morgan fingerprint density at radius 1 is 1.41 bits per heavy atom. The maximum atomic E-state index is 5.87. The van der Waals surface area contributed by atoms with Gasteiger partial charge in [0.15, 0.2) is 0 Å². The van der Waals surface area contributed by atoms with E-state index in [9.17, 15) is 0 Å². The topological polar surface area (TPSA) is 70.3 Å². The Bertz CT molecular complexity index is 401. The van der Waals surface area contributed by atoms with Crippen molar-refractivity contribution in [3.8, 4) is 5.88 Å². The summed E-state index contributed by atoms with van der Waals surface area (Å²) >= 11 is 0. The normalized spacial score (nSPS) is 19.9. The molecule has 1 fully saturated rings. The van der Waals surface area contributed by atoms with Gasteiger partial charge >= 0.3 is 0 Å². The zero-order chi connectivity index (χ0) is 12.4. The average molecular weight is 237 g/mol. The van der Waals surface area contributed by atoms with Crippen LogP contribution in [-0.4, -0.2) is 29.3 Å². The molecule has 1 aromatic heterocycles. The number of ether oxygens (including phenoxy) is 2. The number of nitrogens with zero attached hydrogens (tertiary/aromatic N) is 2. The number of rotatable bonds is 3. The number of hydrogen-bond acceptors (Lipinski definition) is 5. The Hall–Kier alpha value is -1.36. The summed E-state index contributed by atoms with van der Waals surface area (Å²) in [6, 6.07) is 0. The van der Waals surface area contributed by atoms with Crippen LogP contribution in [-0.2, 0) is 4.74 Å². The van der Waals surface area contributed by atoms with Gasteiger partial charge in [-0.2, -0.15) is 4.98 Å². The van der Waals surface area contributed by atoms with E-state index in [-0.39, 0.29) is 12.0 Å². The van der Waals surface area contributed by atoms with Crippen molar-refractivity contribution in [3.63, 3.8) is 0 Å². The van der Waals surface area contributed by atoms with Crippen molar-refractivity contribution in [3.05, 3.63) is 11.4 Å². The Kier molecular flexibility index (Phi) is 3.47. The summed E-state index contributed by atoms with van der Waals surface area (Å²) in [4.78, 5) is 8.69. The van der Waals surface area contributed by atoms with E-state index in [4.69, 9.17) is 15.2 Å². The van der Waals surface area contributed by atoms with Crippen LogP contribution < -0.4 is 10.5 Å². The highest BCUT2D eigenvalue weighted by atomic mass is 16.5. The minimum atomic E-state index is 0.0861. The van der Waals surface area contributed by atoms with Crippen LogP contribution in [0.2, 0.25) is 0 Å². The average Bonchev–Trinajstić information content (AvgIpc) is 2.77. The van der Waals surface area contributed by atoms with Crippen molar-refractivity contribution < 1.29 is 9.47 Å². The van der Waals surface area contributed by atoms with Gasteiger partial charge in [-0.25, -0.2) is 4.98 Å². The molecule has 94 valence electrons. The van der Waals surface area contributed by atoms with Gasteiger partial charge < -0.3 is 15.2 Å². The maximum absolute atomic E-state index is 5.87. The second kappa shape index (κ2) is 4.87. The van der Waals surface area contributed by atoms with Crippen molar-refractivity contribution in [1.82, 2.24) is 9.97 Å². The molecule has 2 heterocycles. The standard InChI is InChI=1S/C12H19N3O2/c1-7(2)11-14-10(13)8(3)12(15-11)17-9-4-5-16-6-9/h7,9H,4-6H2,1-3H3,(H2,13,14,15). The van der Waals surface area contributed by atoms with E-state index in [1.165, 1.54) is 0 Å². The van der Waals surface area contributed by atoms with Crippen LogP contribution in [0, 0.1) is 6.92 Å². The van der Waals surface area contributed by atoms with Gasteiger partial charge in [-0.1, -0.05) is 13.8 Å². The second-order valence-corrected chi connectivity index (χ2v) is 4.66. The van der Waals surface area contributed by atoms with Crippen LogP contribution in [0.15, 0.2) is 0 Å². The molecule has 5 nitrogen and oxygen atoms in total. The minimum Gasteiger partial charge on any atom is -0.471 e. The van der Waals surface area contributed by atoms with Crippen molar-refractivity contribution in [1.29, 1.82) is 0 Å². The molecule has 1 aliphatic heterocycles. The van der Waals surface area contributed by atoms with Gasteiger partial charge in [-0.3, -0.25) is 0 Å². The molecule has 1 atom stereocenters. The van der Waals surface area contributed by atoms with Gasteiger partial charge in [0.05, 0.1) is 18.8 Å². The molecule has 0 radical (unpaired) electrons. The third kappa shape index (κ3) is 2.66. The van der Waals surface area contributed by atoms with Crippen LogP contribution in [0.25, 0.3) is 0 Å². The summed E-state index contributed by atoms with van der Waals surface area (Å²) in [6.45, 7) is 7.32. The van der Waals surface area contributed by atoms with E-state index in [0.717, 1.165) is 24.4 Å². The van der Waals surface area contributed by atoms with Gasteiger partial charge in [-0.15, -0.1) is 0 Å². The Morgan fingerprint density at radius 2 is 2.18 bits per heavy atom. The summed E-state index contributed by atoms with van der Waals surface area (Å²) in [5.41, 5.74) is 6.68. The van der Waals surface area contributed by atoms with Crippen LogP contribution in [0.1, 0.15) is 37.6 Å². The molecule has 0 saturated carbocycles. The summed E-state index contributed by atoms with van der Waals surface area (Å²) < 4.78 is 11.1. The molecular formula is C12H19N3O2. The molecule has 1 saturated heterocycles. The lowest BCUT2D eigenvalue weighted by molar-refractivity contribution is 0.137. The first-order valence-corrected chi connectivity index (χ1v) is 5.96. The number of nitrogens with two attached hydrogens (primary N) is 1. The van der Waals surface area contributed by atoms with Crippen LogP contribution >= 0.6 is 0 Å². The van der Waals surface area contributed by atoms with Gasteiger partial charge in [0.2, 0.25) is 5.88 Å². The monoisotopic (exact) mass is 237 g/mol. The number of anilines is 1. The zero-order valence-electron chi connectivity index (χ0n) is 10.6. The highest BCUT2D eigenvalue weighted by molar-refractivity contribution is 5.44. The third-order valence-electron chi connectivity index (χ3n) is 2.84. The van der Waals surface area contributed by atoms with E-state index in [0.29, 0.717) is 18.3 Å². The predicted octanol–water partition coefficient (Wildman–Crippen LogP) is 1.66. The predicted molar refractivity (Wildman–Crippen MR) is 65.1 cm³/mol. The van der Waals surface area contributed by atoms with Gasteiger partial charge in [-0.05, 0) is 6.92 Å². The van der Waals surface area contributed by atoms with E-state index < -0.39 is 0 Å². The van der Waals surface area contributed by atoms with E-state index in [1.807, 2.05) is 20.8 Å². The summed E-state index contributed by atoms with van der Waals surface area (Å²) in [6.07, 6.45) is 0.989. The van der Waals surface area contributed by atoms with Crippen molar-refractivity contribution in [2.75, 3.05) is 18.9 Å². The fraction of sp³-hybridized carbons (Fsp3) is 0.667. The first kappa shape index (κ1) is 12.1. The van der Waals surface area contributed by atoms with E-state index >= 15 is 0 Å². The van der Waals surface area contributed by atoms with E-state index in [1.54, 1.807) is 0 Å². The molecule has 17 heavy (non-hydrogen) atoms. The van der Waals surface area contributed by atoms with Gasteiger partial charge in [0.1, 0.15) is 17.7 Å². The molecule has 0 bridgehead atoms. The smallest absolute Gasteiger partial charge is 0.222 e. The van der Waals surface area contributed by atoms with Crippen molar-refractivity contribution >= 4 is 5.82 Å². The molecule has 1 aliphatic rings. The highest BCUT2D eigenvalue weighted by Crippen LogP contribution is 2.25. The molecule has 0 aromatic carbocycles. The SMILES string of the molecule is Cc1c(N)nc(C(C)C)nc1OC1CCOC1. The molecule has 0 amide bonds. The molecule has 0 spiro atoms. The zero-order valence-corrected chi connectivity index (χ0v) is 10.6. The van der Waals surface area contributed by atoms with Crippen LogP contribution in [0.5, 0.6) is 5.88 Å². The van der Waals surface area contributed by atoms with Gasteiger partial charge in [0, 0.05) is 12.3 Å². The van der Waals surface area contributed by atoms with Crippen molar-refractivity contribution in [2.24, 2.45) is 0 Å². The lowest BCUT2D eigenvalue weighted by atomic mass is 10.2. The molecule has 0 aliphatic carbocycles. The number of nitrogen functional groups attached to an aromatic ring is 1. The fourth-order valence-electron chi connectivity index (χ4n) is 1.67. The lowest BCUT2D eigenvalue weighted by Crippen LogP contribution is -2.18. The third-order valence-corrected chi connectivity index (χ3v) is 2.84. The minimum absolute atomic E-state index is 0.0861. The summed E-state index contributed by atoms with van der Waals surface area (Å²) in [5.74, 6) is 2.05. The fourth-order valence-corrected chi connectivity index (χ4v) is 1.67. The second-order valence-electron chi connectivity index (χ2n) is 4.66. The van der Waals surface area contributed by atoms with Gasteiger partial charge in [0.25, 0.3) is 0 Å². The molecule has 2 rings (SSSR count). The first-order chi connectivity index (χ1) is 8.08. The quantitative estimate of drug-likeness (QED) is 0.865. The van der Waals surface area contributed by atoms with Crippen molar-refractivity contribution in [2.45, 2.75) is 39.2 Å². The molecule has 2 N–H and O–H groups in total. The number of hydrogen-bond donors (Lipinski definition) is 1. The van der Waals surface area contributed by atoms with Crippen LogP contribution in [0.4, 0.5) is 5.82 Å². The van der Waals surface area contributed by atoms with Crippen LogP contribution in [0.3, 0.4) is 0 Å². The summed E-state index contributed by atoms with van der Waals surface area (Å²) in [5, 5.41) is 0. The Balaban J connectivity index is 2.24. The Labute approximate surface area is 101 Å². The lowest BCUT2D eigenvalue weighted by Gasteiger charge is -2.15. The molecule has 5 heteroatoms. The largest absolute Gasteiger partial charge is 0.471 e. The van der Waals surface area contributed by atoms with E-state index in [2.05, 4.69) is 9.97 Å². The Morgan fingerprint density at radius 3 is 2.76 bits per heavy atom.